The number of likely N-dealkylation sites (N-methyl/N-ethyl adjacent to an activating group) is 1. The number of amides is 1. The Labute approximate surface area is 176 Å². The number of hydrogen-bond donors (Lipinski definition) is 3. The number of nitrogens with zero attached hydrogens (tertiary/aromatic N) is 1. The molecule has 0 spiro atoms. The topological polar surface area (TPSA) is 81.7 Å². The number of unbranched alkanes of at least 4 members (excludes halogenated alkanes) is 5. The molecular formula is C23H39N3O3. The molecule has 164 valence electrons. The van der Waals surface area contributed by atoms with Crippen LogP contribution in [0, 0.1) is 0 Å². The lowest BCUT2D eigenvalue weighted by molar-refractivity contribution is -0.137. The lowest BCUT2D eigenvalue weighted by atomic mass is 10.1. The monoisotopic (exact) mass is 405 g/mol. The van der Waals surface area contributed by atoms with Crippen LogP contribution in [0.3, 0.4) is 0 Å². The number of nitrogens with one attached hydrogen (secondary N) is 2. The van der Waals surface area contributed by atoms with Crippen molar-refractivity contribution in [3.05, 3.63) is 35.9 Å². The van der Waals surface area contributed by atoms with Crippen molar-refractivity contribution in [1.82, 2.24) is 15.5 Å². The third-order valence-corrected chi connectivity index (χ3v) is 4.81. The van der Waals surface area contributed by atoms with Crippen LogP contribution in [0.15, 0.2) is 30.3 Å². The van der Waals surface area contributed by atoms with Crippen LogP contribution in [0.1, 0.15) is 56.9 Å². The number of carboxylic acid groups (broad SMARTS) is 1. The first-order valence-corrected chi connectivity index (χ1v) is 10.9. The van der Waals surface area contributed by atoms with E-state index in [1.807, 2.05) is 25.1 Å². The van der Waals surface area contributed by atoms with Gasteiger partial charge in [0.2, 0.25) is 5.91 Å². The minimum absolute atomic E-state index is 0.0384. The molecule has 0 saturated heterocycles. The molecule has 1 rings (SSSR count). The zero-order valence-corrected chi connectivity index (χ0v) is 18.2. The first-order valence-electron chi connectivity index (χ1n) is 10.9. The van der Waals surface area contributed by atoms with Gasteiger partial charge in [0.1, 0.15) is 0 Å². The van der Waals surface area contributed by atoms with E-state index in [4.69, 9.17) is 5.11 Å². The summed E-state index contributed by atoms with van der Waals surface area (Å²) in [5.74, 6) is -0.924. The molecule has 1 unspecified atom stereocenters. The third-order valence-electron chi connectivity index (χ3n) is 4.81. The van der Waals surface area contributed by atoms with Gasteiger partial charge in [-0.05, 0) is 52.0 Å². The van der Waals surface area contributed by atoms with Gasteiger partial charge in [0.05, 0.1) is 12.5 Å². The SMILES string of the molecule is CN(C)CC(CC(=O)O)NC(=O)CCCCCCCCNCCc1ccccc1. The van der Waals surface area contributed by atoms with Crippen molar-refractivity contribution in [2.45, 2.75) is 63.8 Å². The predicted octanol–water partition coefficient (Wildman–Crippen LogP) is 3.07. The quantitative estimate of drug-likeness (QED) is 0.347. The maximum atomic E-state index is 12.0. The summed E-state index contributed by atoms with van der Waals surface area (Å²) in [6.07, 6.45) is 8.18. The molecule has 6 heteroatoms. The second-order valence-corrected chi connectivity index (χ2v) is 7.98. The highest BCUT2D eigenvalue weighted by Crippen LogP contribution is 2.07. The van der Waals surface area contributed by atoms with Gasteiger partial charge >= 0.3 is 5.97 Å². The fourth-order valence-electron chi connectivity index (χ4n) is 3.36. The van der Waals surface area contributed by atoms with Gasteiger partial charge in [0.15, 0.2) is 0 Å². The summed E-state index contributed by atoms with van der Waals surface area (Å²) >= 11 is 0. The van der Waals surface area contributed by atoms with E-state index >= 15 is 0 Å². The van der Waals surface area contributed by atoms with E-state index in [1.54, 1.807) is 0 Å². The van der Waals surface area contributed by atoms with Crippen LogP contribution in [-0.2, 0) is 16.0 Å². The second kappa shape index (κ2) is 15.9. The van der Waals surface area contributed by atoms with Gasteiger partial charge in [0, 0.05) is 13.0 Å². The fourth-order valence-corrected chi connectivity index (χ4v) is 3.36. The number of carbonyl (C=O) groups excluding carboxylic acids is 1. The van der Waals surface area contributed by atoms with Gasteiger partial charge in [-0.15, -0.1) is 0 Å². The van der Waals surface area contributed by atoms with E-state index < -0.39 is 5.97 Å². The number of rotatable bonds is 17. The summed E-state index contributed by atoms with van der Waals surface area (Å²) in [5, 5.41) is 15.3. The Balaban J connectivity index is 1.95. The van der Waals surface area contributed by atoms with Gasteiger partial charge in [0.25, 0.3) is 0 Å². The molecule has 1 atom stereocenters. The minimum Gasteiger partial charge on any atom is -0.481 e. The summed E-state index contributed by atoms with van der Waals surface area (Å²) in [6.45, 7) is 2.62. The molecule has 1 aromatic carbocycles. The van der Waals surface area contributed by atoms with Gasteiger partial charge in [-0.2, -0.15) is 0 Å². The van der Waals surface area contributed by atoms with E-state index in [0.717, 1.165) is 38.8 Å². The number of hydrogen-bond acceptors (Lipinski definition) is 4. The highest BCUT2D eigenvalue weighted by Gasteiger charge is 2.16. The Morgan fingerprint density at radius 3 is 2.28 bits per heavy atom. The van der Waals surface area contributed by atoms with E-state index in [0.29, 0.717) is 13.0 Å². The zero-order valence-electron chi connectivity index (χ0n) is 18.2. The molecule has 0 aromatic heterocycles. The fraction of sp³-hybridized carbons (Fsp3) is 0.652. The molecule has 0 aliphatic carbocycles. The van der Waals surface area contributed by atoms with Crippen LogP contribution in [-0.4, -0.2) is 61.7 Å². The van der Waals surface area contributed by atoms with Crippen molar-refractivity contribution >= 4 is 11.9 Å². The van der Waals surface area contributed by atoms with Crippen molar-refractivity contribution in [2.75, 3.05) is 33.7 Å². The van der Waals surface area contributed by atoms with Crippen LogP contribution in [0.2, 0.25) is 0 Å². The Bertz CT molecular complexity index is 564. The number of aliphatic carboxylic acids is 1. The largest absolute Gasteiger partial charge is 0.481 e. The Hall–Kier alpha value is -1.92. The summed E-state index contributed by atoms with van der Waals surface area (Å²) in [7, 11) is 3.75. The average Bonchev–Trinajstić information content (AvgIpc) is 2.65. The van der Waals surface area contributed by atoms with E-state index in [-0.39, 0.29) is 18.4 Å². The first kappa shape index (κ1) is 25.1. The Kier molecular flexibility index (Phi) is 13.8. The van der Waals surface area contributed by atoms with Crippen molar-refractivity contribution in [3.8, 4) is 0 Å². The van der Waals surface area contributed by atoms with E-state index in [1.165, 1.54) is 24.8 Å². The van der Waals surface area contributed by atoms with E-state index in [2.05, 4.69) is 34.9 Å². The standard InChI is InChI=1S/C23H39N3O3/c1-26(2)19-21(18-23(28)29)25-22(27)14-10-5-3-4-6-11-16-24-17-15-20-12-8-7-9-13-20/h7-9,12-13,21,24H,3-6,10-11,14-19H2,1-2H3,(H,25,27)(H,28,29). The van der Waals surface area contributed by atoms with Crippen LogP contribution >= 0.6 is 0 Å². The molecule has 1 aromatic rings. The Morgan fingerprint density at radius 1 is 0.966 bits per heavy atom. The molecule has 29 heavy (non-hydrogen) atoms. The molecule has 0 bridgehead atoms. The molecule has 6 nitrogen and oxygen atoms in total. The number of carbonyl (C=O) groups is 2. The van der Waals surface area contributed by atoms with Crippen molar-refractivity contribution in [2.24, 2.45) is 0 Å². The first-order chi connectivity index (χ1) is 14.0. The minimum atomic E-state index is -0.883. The molecule has 0 fully saturated rings. The number of benzene rings is 1. The second-order valence-electron chi connectivity index (χ2n) is 7.98. The van der Waals surface area contributed by atoms with Crippen molar-refractivity contribution in [3.63, 3.8) is 0 Å². The van der Waals surface area contributed by atoms with Gasteiger partial charge in [-0.25, -0.2) is 0 Å². The Morgan fingerprint density at radius 2 is 1.62 bits per heavy atom. The smallest absolute Gasteiger partial charge is 0.305 e. The summed E-state index contributed by atoms with van der Waals surface area (Å²) in [5.41, 5.74) is 1.38. The lowest BCUT2D eigenvalue weighted by Crippen LogP contribution is -2.42. The summed E-state index contributed by atoms with van der Waals surface area (Å²) in [6, 6.07) is 10.2. The van der Waals surface area contributed by atoms with Crippen LogP contribution in [0.4, 0.5) is 0 Å². The molecule has 0 saturated carbocycles. The highest BCUT2D eigenvalue weighted by molar-refractivity contribution is 5.77. The van der Waals surface area contributed by atoms with Crippen molar-refractivity contribution < 1.29 is 14.7 Å². The molecule has 0 aliphatic heterocycles. The summed E-state index contributed by atoms with van der Waals surface area (Å²) in [4.78, 5) is 24.8. The van der Waals surface area contributed by atoms with Gasteiger partial charge in [-0.1, -0.05) is 56.0 Å². The zero-order chi connectivity index (χ0) is 21.3. The molecule has 1 amide bonds. The lowest BCUT2D eigenvalue weighted by Gasteiger charge is -2.20. The molecule has 0 aliphatic rings. The number of carboxylic acids is 1. The molecule has 0 heterocycles. The third kappa shape index (κ3) is 14.7. The predicted molar refractivity (Wildman–Crippen MR) is 118 cm³/mol. The normalized spacial score (nSPS) is 12.1. The van der Waals surface area contributed by atoms with Gasteiger partial charge < -0.3 is 20.6 Å². The molecular weight excluding hydrogens is 366 g/mol. The maximum Gasteiger partial charge on any atom is 0.305 e. The molecule has 0 radical (unpaired) electrons. The van der Waals surface area contributed by atoms with Crippen molar-refractivity contribution in [1.29, 1.82) is 0 Å². The average molecular weight is 406 g/mol. The molecule has 3 N–H and O–H groups in total. The maximum absolute atomic E-state index is 12.0. The van der Waals surface area contributed by atoms with Crippen LogP contribution < -0.4 is 10.6 Å². The van der Waals surface area contributed by atoms with Gasteiger partial charge in [-0.3, -0.25) is 9.59 Å². The van der Waals surface area contributed by atoms with E-state index in [9.17, 15) is 9.59 Å². The van der Waals surface area contributed by atoms with Crippen LogP contribution in [0.25, 0.3) is 0 Å². The highest BCUT2D eigenvalue weighted by atomic mass is 16.4. The summed E-state index contributed by atoms with van der Waals surface area (Å²) < 4.78 is 0. The van der Waals surface area contributed by atoms with Crippen LogP contribution in [0.5, 0.6) is 0 Å².